The summed E-state index contributed by atoms with van der Waals surface area (Å²) in [6.45, 7) is 8.70. The Labute approximate surface area is 175 Å². The molecule has 3 aromatic heterocycles. The van der Waals surface area contributed by atoms with Crippen molar-refractivity contribution in [2.24, 2.45) is 0 Å². The first-order chi connectivity index (χ1) is 14.7. The van der Waals surface area contributed by atoms with Crippen molar-refractivity contribution in [1.29, 1.82) is 0 Å². The Kier molecular flexibility index (Phi) is 4.16. The number of pyridine rings is 1. The number of hydrogen-bond acceptors (Lipinski definition) is 7. The van der Waals surface area contributed by atoms with Gasteiger partial charge in [0.1, 0.15) is 6.33 Å². The zero-order valence-corrected chi connectivity index (χ0v) is 17.6. The second kappa shape index (κ2) is 6.91. The third-order valence-corrected chi connectivity index (χ3v) is 6.63. The Morgan fingerprint density at radius 1 is 1.17 bits per heavy atom. The number of aromatic nitrogens is 5. The first kappa shape index (κ1) is 18.1. The summed E-state index contributed by atoms with van der Waals surface area (Å²) in [7, 11) is 0. The number of anilines is 2. The fourth-order valence-corrected chi connectivity index (χ4v) is 4.91. The molecule has 30 heavy (non-hydrogen) atoms. The highest BCUT2D eigenvalue weighted by Gasteiger charge is 2.33. The molecule has 6 rings (SSSR count). The summed E-state index contributed by atoms with van der Waals surface area (Å²) in [6.07, 6.45) is 7.43. The molecule has 8 nitrogen and oxygen atoms in total. The molecule has 0 amide bonds. The quantitative estimate of drug-likeness (QED) is 0.663. The van der Waals surface area contributed by atoms with Crippen LogP contribution in [0.25, 0.3) is 5.65 Å². The van der Waals surface area contributed by atoms with Gasteiger partial charge in [0.2, 0.25) is 0 Å². The number of aryl methyl sites for hydroxylation is 1. The van der Waals surface area contributed by atoms with Gasteiger partial charge in [-0.25, -0.2) is 0 Å². The Balaban J connectivity index is 1.35. The van der Waals surface area contributed by atoms with Crippen LogP contribution in [0.3, 0.4) is 0 Å². The Morgan fingerprint density at radius 2 is 2.07 bits per heavy atom. The van der Waals surface area contributed by atoms with Crippen molar-refractivity contribution in [3.63, 3.8) is 0 Å². The average Bonchev–Trinajstić information content (AvgIpc) is 3.48. The molecule has 0 N–H and O–H groups in total. The molecule has 0 bridgehead atoms. The minimum absolute atomic E-state index is 0.259. The van der Waals surface area contributed by atoms with Gasteiger partial charge in [0, 0.05) is 49.4 Å². The van der Waals surface area contributed by atoms with Gasteiger partial charge >= 0.3 is 0 Å². The third kappa shape index (κ3) is 3.01. The highest BCUT2D eigenvalue weighted by Crippen LogP contribution is 2.46. The van der Waals surface area contributed by atoms with Crippen LogP contribution in [0.15, 0.2) is 18.6 Å². The van der Waals surface area contributed by atoms with Crippen LogP contribution < -0.4 is 9.80 Å². The predicted octanol–water partition coefficient (Wildman–Crippen LogP) is 2.49. The number of ether oxygens (including phenoxy) is 1. The van der Waals surface area contributed by atoms with E-state index in [4.69, 9.17) is 14.8 Å². The third-order valence-electron chi connectivity index (χ3n) is 6.63. The fraction of sp³-hybridized carbons (Fsp3) is 0.545. The normalized spacial score (nSPS) is 21.9. The zero-order chi connectivity index (χ0) is 20.2. The Morgan fingerprint density at radius 3 is 2.90 bits per heavy atom. The van der Waals surface area contributed by atoms with Crippen LogP contribution in [0.5, 0.6) is 0 Å². The average molecular weight is 406 g/mol. The maximum atomic E-state index is 5.71. The second-order valence-electron chi connectivity index (χ2n) is 8.83. The molecule has 0 radical (unpaired) electrons. The van der Waals surface area contributed by atoms with E-state index >= 15 is 0 Å². The Hall–Kier alpha value is -2.74. The van der Waals surface area contributed by atoms with E-state index < -0.39 is 0 Å². The smallest absolute Gasteiger partial charge is 0.180 e. The number of fused-ring (bicyclic) bond motifs is 2. The van der Waals surface area contributed by atoms with E-state index in [-0.39, 0.29) is 6.10 Å². The minimum atomic E-state index is 0.259. The summed E-state index contributed by atoms with van der Waals surface area (Å²) in [5, 5.41) is 13.3. The summed E-state index contributed by atoms with van der Waals surface area (Å²) in [5.74, 6) is 1.70. The van der Waals surface area contributed by atoms with Crippen molar-refractivity contribution in [3.8, 4) is 0 Å². The molecule has 0 aromatic carbocycles. The summed E-state index contributed by atoms with van der Waals surface area (Å²) >= 11 is 0. The van der Waals surface area contributed by atoms with Crippen molar-refractivity contribution >= 4 is 17.2 Å². The van der Waals surface area contributed by atoms with E-state index in [1.165, 1.54) is 40.9 Å². The monoisotopic (exact) mass is 405 g/mol. The molecule has 2 fully saturated rings. The number of rotatable bonds is 3. The highest BCUT2D eigenvalue weighted by atomic mass is 16.5. The van der Waals surface area contributed by atoms with Gasteiger partial charge in [-0.3, -0.25) is 4.98 Å². The van der Waals surface area contributed by atoms with Crippen LogP contribution in [0.4, 0.5) is 11.5 Å². The number of morpholine rings is 1. The van der Waals surface area contributed by atoms with Crippen molar-refractivity contribution in [1.82, 2.24) is 24.8 Å². The van der Waals surface area contributed by atoms with Crippen molar-refractivity contribution < 1.29 is 4.74 Å². The molecule has 1 atom stereocenters. The molecular weight excluding hydrogens is 378 g/mol. The molecule has 3 aliphatic rings. The van der Waals surface area contributed by atoms with E-state index in [0.29, 0.717) is 5.92 Å². The molecule has 1 aliphatic carbocycles. The topological polar surface area (TPSA) is 71.7 Å². The van der Waals surface area contributed by atoms with Gasteiger partial charge < -0.3 is 14.5 Å². The molecule has 0 unspecified atom stereocenters. The molecular formula is C22H27N7O. The van der Waals surface area contributed by atoms with E-state index in [1.54, 1.807) is 6.33 Å². The molecule has 0 spiro atoms. The highest BCUT2D eigenvalue weighted by molar-refractivity contribution is 5.63. The lowest BCUT2D eigenvalue weighted by atomic mass is 10.0. The fourth-order valence-electron chi connectivity index (χ4n) is 4.91. The van der Waals surface area contributed by atoms with Gasteiger partial charge in [0.25, 0.3) is 0 Å². The standard InChI is InChI=1S/C22H27N7O/c1-14-11-27(7-8-30-14)18-9-17-12-28(6-5-19(17)23-10-18)22-20(16-3-4-16)15(2)21-25-24-13-29(21)26-22/h9-10,13-14,16H,3-8,11-12H2,1-2H3/t14-/m1/s1. The van der Waals surface area contributed by atoms with Crippen LogP contribution in [0.1, 0.15) is 48.1 Å². The van der Waals surface area contributed by atoms with Crippen LogP contribution in [0, 0.1) is 6.92 Å². The molecule has 156 valence electrons. The summed E-state index contributed by atoms with van der Waals surface area (Å²) in [4.78, 5) is 9.64. The zero-order valence-electron chi connectivity index (χ0n) is 17.6. The van der Waals surface area contributed by atoms with Crippen molar-refractivity contribution in [3.05, 3.63) is 41.0 Å². The molecule has 1 saturated heterocycles. The summed E-state index contributed by atoms with van der Waals surface area (Å²) in [5.41, 5.74) is 7.19. The van der Waals surface area contributed by atoms with Crippen molar-refractivity contribution in [2.45, 2.75) is 51.7 Å². The van der Waals surface area contributed by atoms with Crippen LogP contribution in [-0.2, 0) is 17.7 Å². The maximum absolute atomic E-state index is 5.71. The van der Waals surface area contributed by atoms with E-state index in [9.17, 15) is 0 Å². The predicted molar refractivity (Wildman–Crippen MR) is 114 cm³/mol. The number of hydrogen-bond donors (Lipinski definition) is 0. The number of nitrogens with zero attached hydrogens (tertiary/aromatic N) is 7. The van der Waals surface area contributed by atoms with Crippen LogP contribution in [-0.4, -0.2) is 57.1 Å². The maximum Gasteiger partial charge on any atom is 0.180 e. The SMILES string of the molecule is Cc1c(C2CC2)c(N2CCc3ncc(N4CCO[C@H](C)C4)cc3C2)nn2cnnc12. The van der Waals surface area contributed by atoms with Crippen LogP contribution >= 0.6 is 0 Å². The first-order valence-electron chi connectivity index (χ1n) is 11.0. The summed E-state index contributed by atoms with van der Waals surface area (Å²) < 4.78 is 7.54. The van der Waals surface area contributed by atoms with E-state index in [0.717, 1.165) is 50.7 Å². The van der Waals surface area contributed by atoms with Gasteiger partial charge in [-0.15, -0.1) is 15.3 Å². The molecule has 5 heterocycles. The molecule has 8 heteroatoms. The lowest BCUT2D eigenvalue weighted by Crippen LogP contribution is -2.41. The van der Waals surface area contributed by atoms with Gasteiger partial charge in [-0.05, 0) is 44.2 Å². The van der Waals surface area contributed by atoms with Gasteiger partial charge in [0.05, 0.1) is 24.6 Å². The van der Waals surface area contributed by atoms with Crippen molar-refractivity contribution in [2.75, 3.05) is 36.0 Å². The summed E-state index contributed by atoms with van der Waals surface area (Å²) in [6, 6.07) is 2.33. The molecule has 3 aromatic rings. The van der Waals surface area contributed by atoms with E-state index in [1.807, 2.05) is 10.7 Å². The lowest BCUT2D eigenvalue weighted by molar-refractivity contribution is 0.0532. The van der Waals surface area contributed by atoms with Gasteiger partial charge in [-0.1, -0.05) is 0 Å². The second-order valence-corrected chi connectivity index (χ2v) is 8.83. The molecule has 1 saturated carbocycles. The Bertz CT molecular complexity index is 1110. The minimum Gasteiger partial charge on any atom is -0.375 e. The lowest BCUT2D eigenvalue weighted by Gasteiger charge is -2.35. The first-order valence-corrected chi connectivity index (χ1v) is 11.0. The largest absolute Gasteiger partial charge is 0.375 e. The molecule has 2 aliphatic heterocycles. The van der Waals surface area contributed by atoms with Crippen LogP contribution in [0.2, 0.25) is 0 Å². The van der Waals surface area contributed by atoms with Gasteiger partial charge in [-0.2, -0.15) is 4.52 Å². The van der Waals surface area contributed by atoms with E-state index in [2.05, 4.69) is 39.9 Å². The van der Waals surface area contributed by atoms with Gasteiger partial charge in [0.15, 0.2) is 11.5 Å².